The lowest BCUT2D eigenvalue weighted by molar-refractivity contribution is -0.158. The zero-order chi connectivity index (χ0) is 23.0. The van der Waals surface area contributed by atoms with E-state index < -0.39 is 16.6 Å². The Morgan fingerprint density at radius 2 is 1.81 bits per heavy atom. The summed E-state index contributed by atoms with van der Waals surface area (Å²) in [5.41, 5.74) is 6.47. The summed E-state index contributed by atoms with van der Waals surface area (Å²) < 4.78 is 10.4. The minimum Gasteiger partial charge on any atom is -0.459 e. The zero-order valence-corrected chi connectivity index (χ0v) is 20.7. The first-order chi connectivity index (χ1) is 15.2. The van der Waals surface area contributed by atoms with E-state index in [0.717, 1.165) is 20.2 Å². The Bertz CT molecular complexity index is 1100. The highest BCUT2D eigenvalue weighted by Crippen LogP contribution is 2.59. The van der Waals surface area contributed by atoms with Gasteiger partial charge in [-0.1, -0.05) is 54.1 Å². The van der Waals surface area contributed by atoms with Crippen LogP contribution in [0, 0.1) is 0 Å². The van der Waals surface area contributed by atoms with Crippen LogP contribution in [-0.2, 0) is 14.9 Å². The maximum absolute atomic E-state index is 13.4. The Balaban J connectivity index is 1.59. The van der Waals surface area contributed by atoms with Gasteiger partial charge in [0.15, 0.2) is 0 Å². The average molecular weight is 487 g/mol. The van der Waals surface area contributed by atoms with Crippen LogP contribution in [0.25, 0.3) is 10.4 Å². The Kier molecular flexibility index (Phi) is 6.45. The molecule has 0 aliphatic heterocycles. The fourth-order valence-electron chi connectivity index (χ4n) is 3.97. The van der Waals surface area contributed by atoms with E-state index in [2.05, 4.69) is 16.9 Å². The third-order valence-corrected chi connectivity index (χ3v) is 8.19. The Hall–Kier alpha value is -1.83. The number of halogens is 1. The molecule has 0 radical (unpaired) electrons. The molecule has 3 aromatic rings. The van der Waals surface area contributed by atoms with Crippen LogP contribution in [0.4, 0.5) is 0 Å². The number of esters is 1. The van der Waals surface area contributed by atoms with Crippen LogP contribution in [-0.4, -0.2) is 23.7 Å². The minimum atomic E-state index is -0.883. The van der Waals surface area contributed by atoms with Crippen molar-refractivity contribution in [3.63, 3.8) is 0 Å². The summed E-state index contributed by atoms with van der Waals surface area (Å²) >= 11 is 9.14. The zero-order valence-electron chi connectivity index (χ0n) is 18.4. The van der Waals surface area contributed by atoms with Crippen LogP contribution in [0.5, 0.6) is 0 Å². The number of hydrogen-bond donors (Lipinski definition) is 2. The monoisotopic (exact) mass is 486 g/mol. The molecule has 1 aliphatic rings. The van der Waals surface area contributed by atoms with Gasteiger partial charge in [-0.25, -0.2) is 9.52 Å². The number of nitrogens with two attached hydrogens (primary N) is 1. The molecule has 0 amide bonds. The summed E-state index contributed by atoms with van der Waals surface area (Å²) in [5, 5.41) is 0.716. The van der Waals surface area contributed by atoms with E-state index in [1.807, 2.05) is 75.4 Å². The van der Waals surface area contributed by atoms with Crippen molar-refractivity contribution in [1.82, 2.24) is 4.72 Å². The van der Waals surface area contributed by atoms with Gasteiger partial charge in [0.05, 0.1) is 4.21 Å². The molecule has 2 unspecified atom stereocenters. The van der Waals surface area contributed by atoms with Crippen LogP contribution in [0.3, 0.4) is 0 Å². The second-order valence-corrected chi connectivity index (χ2v) is 11.7. The molecule has 1 aromatic heterocycles. The number of nitrogens with one attached hydrogen (secondary N) is 1. The van der Waals surface area contributed by atoms with Crippen LogP contribution >= 0.6 is 34.9 Å². The molecule has 2 atom stereocenters. The number of rotatable bonds is 7. The maximum Gasteiger partial charge on any atom is 0.328 e. The topological polar surface area (TPSA) is 64.3 Å². The van der Waals surface area contributed by atoms with Crippen LogP contribution < -0.4 is 10.5 Å². The molecule has 4 rings (SSSR count). The molecule has 1 fully saturated rings. The number of benzene rings is 2. The highest BCUT2D eigenvalue weighted by molar-refractivity contribution is 7.99. The molecule has 7 heteroatoms. The van der Waals surface area contributed by atoms with Gasteiger partial charge in [0, 0.05) is 21.9 Å². The molecule has 168 valence electrons. The van der Waals surface area contributed by atoms with Crippen molar-refractivity contribution in [2.24, 2.45) is 5.73 Å². The van der Waals surface area contributed by atoms with E-state index in [1.165, 1.54) is 11.9 Å². The molecule has 1 saturated carbocycles. The Morgan fingerprint density at radius 3 is 2.44 bits per heavy atom. The first kappa shape index (κ1) is 23.3. The number of carbonyl (C=O) groups is 1. The highest BCUT2D eigenvalue weighted by Gasteiger charge is 2.73. The third kappa shape index (κ3) is 4.47. The summed E-state index contributed by atoms with van der Waals surface area (Å²) in [4.78, 5) is 14.5. The first-order valence-electron chi connectivity index (χ1n) is 10.5. The Labute approximate surface area is 202 Å². The van der Waals surface area contributed by atoms with E-state index in [1.54, 1.807) is 11.3 Å². The van der Waals surface area contributed by atoms with Crippen molar-refractivity contribution in [3.05, 3.63) is 77.3 Å². The standard InChI is InChI=1S/C25H27ClN2O2S2/c1-23(2,3)30-22(29)25(15-24(25,16-27)18-7-5-4-6-8-18)28-32-21-14-13-20(31-21)17-9-11-19(26)12-10-17/h4-14,28H,15-16,27H2,1-3H3. The lowest BCUT2D eigenvalue weighted by atomic mass is 9.90. The molecule has 2 aromatic carbocycles. The van der Waals surface area contributed by atoms with Crippen molar-refractivity contribution in [2.45, 2.75) is 48.0 Å². The van der Waals surface area contributed by atoms with Crippen LogP contribution in [0.15, 0.2) is 70.9 Å². The van der Waals surface area contributed by atoms with E-state index in [0.29, 0.717) is 18.0 Å². The minimum absolute atomic E-state index is 0.263. The number of thiophene rings is 1. The maximum atomic E-state index is 13.4. The molecular weight excluding hydrogens is 460 g/mol. The second kappa shape index (κ2) is 8.84. The first-order valence-corrected chi connectivity index (χ1v) is 12.5. The number of ether oxygens (including phenoxy) is 1. The van der Waals surface area contributed by atoms with E-state index in [4.69, 9.17) is 22.1 Å². The third-order valence-electron chi connectivity index (χ3n) is 5.72. The smallest absolute Gasteiger partial charge is 0.328 e. The molecule has 32 heavy (non-hydrogen) atoms. The van der Waals surface area contributed by atoms with E-state index >= 15 is 0 Å². The molecular formula is C25H27ClN2O2S2. The van der Waals surface area contributed by atoms with Gasteiger partial charge in [0.1, 0.15) is 11.1 Å². The molecule has 0 spiro atoms. The number of hydrogen-bond acceptors (Lipinski definition) is 6. The second-order valence-electron chi connectivity index (χ2n) is 9.07. The normalized spacial score (nSPS) is 22.5. The highest BCUT2D eigenvalue weighted by atomic mass is 35.5. The molecule has 4 nitrogen and oxygen atoms in total. The largest absolute Gasteiger partial charge is 0.459 e. The van der Waals surface area contributed by atoms with Crippen molar-refractivity contribution in [1.29, 1.82) is 0 Å². The van der Waals surface area contributed by atoms with Crippen molar-refractivity contribution in [3.8, 4) is 10.4 Å². The average Bonchev–Trinajstić information content (AvgIpc) is 3.22. The lowest BCUT2D eigenvalue weighted by Gasteiger charge is -2.28. The SMILES string of the molecule is CC(C)(C)OC(=O)C1(NSc2ccc(-c3ccc(Cl)cc3)s2)CC1(CN)c1ccccc1. The van der Waals surface area contributed by atoms with Gasteiger partial charge in [-0.2, -0.15) is 0 Å². The quantitative estimate of drug-likeness (QED) is 0.314. The van der Waals surface area contributed by atoms with E-state index in [-0.39, 0.29) is 5.97 Å². The van der Waals surface area contributed by atoms with Crippen molar-refractivity contribution < 1.29 is 9.53 Å². The van der Waals surface area contributed by atoms with Gasteiger partial charge in [-0.05, 0) is 74.5 Å². The molecule has 1 aliphatic carbocycles. The predicted octanol–water partition coefficient (Wildman–Crippen LogP) is 6.05. The fraction of sp³-hybridized carbons (Fsp3) is 0.320. The predicted molar refractivity (Wildman–Crippen MR) is 134 cm³/mol. The number of carbonyl (C=O) groups excluding carboxylic acids is 1. The van der Waals surface area contributed by atoms with Crippen molar-refractivity contribution >= 4 is 40.9 Å². The van der Waals surface area contributed by atoms with E-state index in [9.17, 15) is 4.79 Å². The molecule has 0 saturated heterocycles. The summed E-state index contributed by atoms with van der Waals surface area (Å²) in [6.07, 6.45) is 0.595. The summed E-state index contributed by atoms with van der Waals surface area (Å²) in [7, 11) is 0. The van der Waals surface area contributed by atoms with Gasteiger partial charge >= 0.3 is 5.97 Å². The molecule has 1 heterocycles. The molecule has 0 bridgehead atoms. The van der Waals surface area contributed by atoms with Gasteiger partial charge in [0.2, 0.25) is 0 Å². The van der Waals surface area contributed by atoms with Gasteiger partial charge in [0.25, 0.3) is 0 Å². The van der Waals surface area contributed by atoms with Gasteiger partial charge < -0.3 is 10.5 Å². The van der Waals surface area contributed by atoms with Gasteiger partial charge in [-0.15, -0.1) is 11.3 Å². The summed E-state index contributed by atoms with van der Waals surface area (Å²) in [6.45, 7) is 6.01. The Morgan fingerprint density at radius 1 is 1.12 bits per heavy atom. The van der Waals surface area contributed by atoms with Crippen LogP contribution in [0.2, 0.25) is 5.02 Å². The summed E-state index contributed by atoms with van der Waals surface area (Å²) in [5.74, 6) is -0.263. The molecule has 3 N–H and O–H groups in total. The van der Waals surface area contributed by atoms with Gasteiger partial charge in [-0.3, -0.25) is 0 Å². The van der Waals surface area contributed by atoms with Crippen LogP contribution in [0.1, 0.15) is 32.8 Å². The lowest BCUT2D eigenvalue weighted by Crippen LogP contribution is -2.48. The van der Waals surface area contributed by atoms with Crippen molar-refractivity contribution in [2.75, 3.05) is 6.54 Å². The summed E-state index contributed by atoms with van der Waals surface area (Å²) in [6, 6.07) is 21.9. The fourth-order valence-corrected chi connectivity index (χ4v) is 6.16.